The molecule has 14 heavy (non-hydrogen) atoms. The maximum Gasteiger partial charge on any atom is 0.147 e. The van der Waals surface area contributed by atoms with E-state index in [-0.39, 0.29) is 5.54 Å². The summed E-state index contributed by atoms with van der Waals surface area (Å²) in [5.41, 5.74) is 0.123. The van der Waals surface area contributed by atoms with E-state index in [1.54, 1.807) is 0 Å². The normalized spacial score (nSPS) is 28.1. The molecule has 0 spiro atoms. The van der Waals surface area contributed by atoms with Gasteiger partial charge in [-0.3, -0.25) is 0 Å². The maximum absolute atomic E-state index is 11.1. The largest absolute Gasteiger partial charge is 0.311 e. The summed E-state index contributed by atoms with van der Waals surface area (Å²) in [6.07, 6.45) is 6.64. The average molecular weight is 219 g/mol. The van der Waals surface area contributed by atoms with Crippen LogP contribution in [0.5, 0.6) is 0 Å². The first kappa shape index (κ1) is 12.0. The molecule has 0 aliphatic carbocycles. The van der Waals surface area contributed by atoms with Gasteiger partial charge in [-0.15, -0.1) is 0 Å². The molecule has 0 saturated carbocycles. The predicted molar refractivity (Wildman–Crippen MR) is 59.2 cm³/mol. The van der Waals surface area contributed by atoms with E-state index in [0.29, 0.717) is 5.75 Å². The summed E-state index contributed by atoms with van der Waals surface area (Å²) in [4.78, 5) is 0. The van der Waals surface area contributed by atoms with Gasteiger partial charge in [-0.2, -0.15) is 0 Å². The Kier molecular flexibility index (Phi) is 3.95. The Hall–Kier alpha value is -0.0900. The minimum Gasteiger partial charge on any atom is -0.311 e. The van der Waals surface area contributed by atoms with E-state index < -0.39 is 9.84 Å². The molecule has 1 aliphatic rings. The minimum atomic E-state index is -2.81. The zero-order valence-corrected chi connectivity index (χ0v) is 9.99. The second-order valence-corrected chi connectivity index (χ2v) is 6.70. The summed E-state index contributed by atoms with van der Waals surface area (Å²) in [6.45, 7) is 3.20. The highest BCUT2D eigenvalue weighted by Crippen LogP contribution is 2.28. The minimum absolute atomic E-state index is 0.123. The molecule has 1 saturated heterocycles. The van der Waals surface area contributed by atoms with Crippen molar-refractivity contribution in [3.8, 4) is 0 Å². The summed E-state index contributed by atoms with van der Waals surface area (Å²) >= 11 is 0. The number of hydrogen-bond donors (Lipinski definition) is 1. The lowest BCUT2D eigenvalue weighted by molar-refractivity contribution is 0.333. The Morgan fingerprint density at radius 2 is 2.07 bits per heavy atom. The Labute approximate surface area is 87.2 Å². The van der Waals surface area contributed by atoms with Crippen molar-refractivity contribution in [3.05, 3.63) is 0 Å². The Morgan fingerprint density at radius 3 is 2.50 bits per heavy atom. The Bertz CT molecular complexity index is 266. The van der Waals surface area contributed by atoms with E-state index in [0.717, 1.165) is 32.2 Å². The second-order valence-electron chi connectivity index (χ2n) is 4.44. The lowest BCUT2D eigenvalue weighted by Gasteiger charge is -2.29. The lowest BCUT2D eigenvalue weighted by atomic mass is 9.89. The predicted octanol–water partition coefficient (Wildman–Crippen LogP) is 1.34. The summed E-state index contributed by atoms with van der Waals surface area (Å²) in [5.74, 6) is 0.319. The SMILES string of the molecule is CCCC1(CCS(C)(=O)=O)CCCN1. The quantitative estimate of drug-likeness (QED) is 0.759. The fourth-order valence-corrected chi connectivity index (χ4v) is 3.04. The molecule has 0 aromatic carbocycles. The lowest BCUT2D eigenvalue weighted by Crippen LogP contribution is -2.41. The molecule has 0 radical (unpaired) electrons. The maximum atomic E-state index is 11.1. The highest BCUT2D eigenvalue weighted by atomic mass is 32.2. The van der Waals surface area contributed by atoms with Crippen molar-refractivity contribution < 1.29 is 8.42 Å². The molecule has 3 nitrogen and oxygen atoms in total. The summed E-state index contributed by atoms with van der Waals surface area (Å²) in [6, 6.07) is 0. The van der Waals surface area contributed by atoms with Gasteiger partial charge in [-0.05, 0) is 32.2 Å². The van der Waals surface area contributed by atoms with Crippen LogP contribution in [0.3, 0.4) is 0 Å². The van der Waals surface area contributed by atoms with Crippen LogP contribution in [0.1, 0.15) is 39.0 Å². The molecule has 1 rings (SSSR count). The highest BCUT2D eigenvalue weighted by Gasteiger charge is 2.32. The van der Waals surface area contributed by atoms with E-state index in [9.17, 15) is 8.42 Å². The molecule has 0 aromatic heterocycles. The molecule has 84 valence electrons. The van der Waals surface area contributed by atoms with Gasteiger partial charge in [0.05, 0.1) is 5.75 Å². The van der Waals surface area contributed by atoms with Crippen LogP contribution in [0.2, 0.25) is 0 Å². The van der Waals surface area contributed by atoms with Crippen molar-refractivity contribution in [2.75, 3.05) is 18.6 Å². The van der Waals surface area contributed by atoms with Gasteiger partial charge in [0.25, 0.3) is 0 Å². The third-order valence-corrected chi connectivity index (χ3v) is 3.96. The summed E-state index contributed by atoms with van der Waals surface area (Å²) in [5, 5.41) is 3.48. The van der Waals surface area contributed by atoms with Crippen LogP contribution in [-0.2, 0) is 9.84 Å². The third-order valence-electron chi connectivity index (χ3n) is 3.01. The molecule has 1 aliphatic heterocycles. The number of hydrogen-bond acceptors (Lipinski definition) is 3. The van der Waals surface area contributed by atoms with E-state index in [1.165, 1.54) is 12.7 Å². The monoisotopic (exact) mass is 219 g/mol. The van der Waals surface area contributed by atoms with Crippen LogP contribution in [0.4, 0.5) is 0 Å². The van der Waals surface area contributed by atoms with E-state index in [1.807, 2.05) is 0 Å². The summed E-state index contributed by atoms with van der Waals surface area (Å²) in [7, 11) is -2.81. The Balaban J connectivity index is 2.52. The topological polar surface area (TPSA) is 46.2 Å². The zero-order chi connectivity index (χ0) is 10.7. The fraction of sp³-hybridized carbons (Fsp3) is 1.00. The van der Waals surface area contributed by atoms with Crippen molar-refractivity contribution in [2.24, 2.45) is 0 Å². The fourth-order valence-electron chi connectivity index (χ4n) is 2.28. The van der Waals surface area contributed by atoms with Gasteiger partial charge in [0.15, 0.2) is 0 Å². The smallest absolute Gasteiger partial charge is 0.147 e. The molecule has 1 N–H and O–H groups in total. The van der Waals surface area contributed by atoms with Gasteiger partial charge in [-0.1, -0.05) is 13.3 Å². The van der Waals surface area contributed by atoms with Crippen LogP contribution >= 0.6 is 0 Å². The first-order valence-corrected chi connectivity index (χ1v) is 7.46. The molecule has 0 aromatic rings. The second kappa shape index (κ2) is 4.62. The third kappa shape index (κ3) is 3.58. The van der Waals surface area contributed by atoms with Gasteiger partial charge in [-0.25, -0.2) is 8.42 Å². The molecule has 1 heterocycles. The van der Waals surface area contributed by atoms with Crippen LogP contribution in [0.25, 0.3) is 0 Å². The van der Waals surface area contributed by atoms with E-state index in [4.69, 9.17) is 0 Å². The van der Waals surface area contributed by atoms with Crippen LogP contribution in [0.15, 0.2) is 0 Å². The molecular formula is C10H21NO2S. The van der Waals surface area contributed by atoms with Crippen molar-refractivity contribution >= 4 is 9.84 Å². The Morgan fingerprint density at radius 1 is 1.36 bits per heavy atom. The van der Waals surface area contributed by atoms with Crippen molar-refractivity contribution in [3.63, 3.8) is 0 Å². The van der Waals surface area contributed by atoms with Gasteiger partial charge in [0.2, 0.25) is 0 Å². The van der Waals surface area contributed by atoms with E-state index in [2.05, 4.69) is 12.2 Å². The molecule has 1 unspecified atom stereocenters. The number of nitrogens with one attached hydrogen (secondary N) is 1. The van der Waals surface area contributed by atoms with Gasteiger partial charge in [0, 0.05) is 11.8 Å². The molecule has 0 amide bonds. The van der Waals surface area contributed by atoms with Crippen molar-refractivity contribution in [1.29, 1.82) is 0 Å². The standard InChI is InChI=1S/C10H21NO2S/c1-3-5-10(6-4-8-11-10)7-9-14(2,12)13/h11H,3-9H2,1-2H3. The number of sulfone groups is 1. The first-order valence-electron chi connectivity index (χ1n) is 5.40. The van der Waals surface area contributed by atoms with Crippen molar-refractivity contribution in [1.82, 2.24) is 5.32 Å². The molecule has 4 heteroatoms. The zero-order valence-electron chi connectivity index (χ0n) is 9.17. The van der Waals surface area contributed by atoms with E-state index >= 15 is 0 Å². The first-order chi connectivity index (χ1) is 6.47. The average Bonchev–Trinajstić information content (AvgIpc) is 2.50. The van der Waals surface area contributed by atoms with Gasteiger partial charge >= 0.3 is 0 Å². The molecular weight excluding hydrogens is 198 g/mol. The van der Waals surface area contributed by atoms with Gasteiger partial charge < -0.3 is 5.32 Å². The number of rotatable bonds is 5. The van der Waals surface area contributed by atoms with Gasteiger partial charge in [0.1, 0.15) is 9.84 Å². The van der Waals surface area contributed by atoms with Crippen LogP contribution < -0.4 is 5.32 Å². The molecule has 1 atom stereocenters. The molecule has 0 bridgehead atoms. The summed E-state index contributed by atoms with van der Waals surface area (Å²) < 4.78 is 22.2. The van der Waals surface area contributed by atoms with Crippen molar-refractivity contribution in [2.45, 2.75) is 44.6 Å². The highest BCUT2D eigenvalue weighted by molar-refractivity contribution is 7.90. The van der Waals surface area contributed by atoms with Crippen LogP contribution in [0, 0.1) is 0 Å². The van der Waals surface area contributed by atoms with Crippen LogP contribution in [-0.4, -0.2) is 32.5 Å². The molecule has 1 fully saturated rings.